The van der Waals surface area contributed by atoms with Crippen LogP contribution in [0.5, 0.6) is 0 Å². The van der Waals surface area contributed by atoms with Crippen molar-refractivity contribution in [3.8, 4) is 0 Å². The van der Waals surface area contributed by atoms with Crippen molar-refractivity contribution in [3.05, 3.63) is 46.5 Å². The molecule has 0 bridgehead atoms. The van der Waals surface area contributed by atoms with Crippen LogP contribution in [-0.2, 0) is 6.42 Å². The normalized spacial score (nSPS) is 12.4. The van der Waals surface area contributed by atoms with E-state index in [4.69, 9.17) is 27.6 Å². The van der Waals surface area contributed by atoms with Crippen LogP contribution in [0.4, 0.5) is 5.82 Å². The minimum atomic E-state index is 0.251. The zero-order valence-electron chi connectivity index (χ0n) is 9.99. The lowest BCUT2D eigenvalue weighted by molar-refractivity contribution is 0.495. The predicted octanol–water partition coefficient (Wildman–Crippen LogP) is 4.41. The van der Waals surface area contributed by atoms with Crippen LogP contribution in [0.2, 0.25) is 10.0 Å². The van der Waals surface area contributed by atoms with Crippen molar-refractivity contribution in [1.29, 1.82) is 0 Å². The summed E-state index contributed by atoms with van der Waals surface area (Å²) in [7, 11) is 0. The molecule has 2 rings (SSSR count). The van der Waals surface area contributed by atoms with Crippen LogP contribution in [0, 0.1) is 0 Å². The van der Waals surface area contributed by atoms with Gasteiger partial charge in [-0.1, -0.05) is 23.2 Å². The molecule has 0 amide bonds. The Kier molecular flexibility index (Phi) is 4.50. The molecule has 1 unspecified atom stereocenters. The van der Waals surface area contributed by atoms with Crippen LogP contribution in [0.15, 0.2) is 35.1 Å². The minimum absolute atomic E-state index is 0.251. The van der Waals surface area contributed by atoms with Crippen molar-refractivity contribution in [2.75, 3.05) is 5.32 Å². The molecule has 1 atom stereocenters. The van der Waals surface area contributed by atoms with Gasteiger partial charge in [-0.15, -0.1) is 0 Å². The number of rotatable bonds is 5. The molecule has 0 aliphatic carbocycles. The molecule has 2 heterocycles. The highest BCUT2D eigenvalue weighted by molar-refractivity contribution is 6.35. The van der Waals surface area contributed by atoms with Gasteiger partial charge in [-0.05, 0) is 31.5 Å². The SMILES string of the molecule is CC(CCc1ccco1)Nc1ncc(Cl)cc1Cl. The second-order valence-corrected chi connectivity index (χ2v) is 4.99. The third kappa shape index (κ3) is 3.65. The predicted molar refractivity (Wildman–Crippen MR) is 74.4 cm³/mol. The quantitative estimate of drug-likeness (QED) is 0.884. The molecule has 3 nitrogen and oxygen atoms in total. The van der Waals surface area contributed by atoms with Gasteiger partial charge in [0.2, 0.25) is 0 Å². The van der Waals surface area contributed by atoms with E-state index in [0.29, 0.717) is 15.9 Å². The van der Waals surface area contributed by atoms with Crippen LogP contribution < -0.4 is 5.32 Å². The molecule has 0 spiro atoms. The van der Waals surface area contributed by atoms with Crippen LogP contribution in [0.3, 0.4) is 0 Å². The smallest absolute Gasteiger partial charge is 0.145 e. The topological polar surface area (TPSA) is 38.1 Å². The third-order valence-electron chi connectivity index (χ3n) is 2.59. The number of halogens is 2. The maximum absolute atomic E-state index is 6.05. The minimum Gasteiger partial charge on any atom is -0.469 e. The first-order valence-corrected chi connectivity index (χ1v) is 6.50. The van der Waals surface area contributed by atoms with E-state index < -0.39 is 0 Å². The lowest BCUT2D eigenvalue weighted by Crippen LogP contribution is -2.17. The summed E-state index contributed by atoms with van der Waals surface area (Å²) in [6, 6.07) is 5.80. The van der Waals surface area contributed by atoms with Gasteiger partial charge in [0.05, 0.1) is 16.3 Å². The Bertz CT molecular complexity index is 500. The zero-order chi connectivity index (χ0) is 13.0. The van der Waals surface area contributed by atoms with E-state index in [1.807, 2.05) is 12.1 Å². The molecule has 0 aliphatic rings. The van der Waals surface area contributed by atoms with Crippen LogP contribution in [0.1, 0.15) is 19.1 Å². The summed E-state index contributed by atoms with van der Waals surface area (Å²) in [5.74, 6) is 1.65. The molecule has 0 radical (unpaired) electrons. The first-order chi connectivity index (χ1) is 8.65. The number of hydrogen-bond acceptors (Lipinski definition) is 3. The maximum atomic E-state index is 6.05. The second-order valence-electron chi connectivity index (χ2n) is 4.15. The standard InChI is InChI=1S/C13H14Cl2N2O/c1-9(4-5-11-3-2-6-18-11)17-13-12(15)7-10(14)8-16-13/h2-3,6-9H,4-5H2,1H3,(H,16,17). The van der Waals surface area contributed by atoms with Crippen molar-refractivity contribution in [1.82, 2.24) is 4.98 Å². The Balaban J connectivity index is 1.88. The molecule has 0 aromatic carbocycles. The first kappa shape index (κ1) is 13.2. The van der Waals surface area contributed by atoms with Gasteiger partial charge >= 0.3 is 0 Å². The number of hydrogen-bond donors (Lipinski definition) is 1. The Morgan fingerprint density at radius 2 is 2.28 bits per heavy atom. The van der Waals surface area contributed by atoms with E-state index >= 15 is 0 Å². The number of aromatic nitrogens is 1. The zero-order valence-corrected chi connectivity index (χ0v) is 11.5. The van der Waals surface area contributed by atoms with E-state index in [-0.39, 0.29) is 6.04 Å². The summed E-state index contributed by atoms with van der Waals surface area (Å²) >= 11 is 11.8. The van der Waals surface area contributed by atoms with Crippen molar-refractivity contribution in [2.24, 2.45) is 0 Å². The largest absolute Gasteiger partial charge is 0.469 e. The number of aryl methyl sites for hydroxylation is 1. The number of nitrogens with one attached hydrogen (secondary N) is 1. The van der Waals surface area contributed by atoms with Gasteiger partial charge in [-0.3, -0.25) is 0 Å². The maximum Gasteiger partial charge on any atom is 0.145 e. The molecule has 0 fully saturated rings. The molecule has 1 N–H and O–H groups in total. The summed E-state index contributed by atoms with van der Waals surface area (Å²) in [6.45, 7) is 2.08. The van der Waals surface area contributed by atoms with Gasteiger partial charge in [0.1, 0.15) is 11.6 Å². The van der Waals surface area contributed by atoms with Gasteiger partial charge in [0.25, 0.3) is 0 Å². The fourth-order valence-electron chi connectivity index (χ4n) is 1.64. The summed E-state index contributed by atoms with van der Waals surface area (Å²) in [5.41, 5.74) is 0. The van der Waals surface area contributed by atoms with E-state index in [0.717, 1.165) is 18.6 Å². The molecule has 0 aliphatic heterocycles. The van der Waals surface area contributed by atoms with E-state index in [1.165, 1.54) is 0 Å². The van der Waals surface area contributed by atoms with Crippen molar-refractivity contribution >= 4 is 29.0 Å². The van der Waals surface area contributed by atoms with E-state index in [2.05, 4.69) is 17.2 Å². The van der Waals surface area contributed by atoms with Crippen molar-refractivity contribution in [2.45, 2.75) is 25.8 Å². The second kappa shape index (κ2) is 6.12. The summed E-state index contributed by atoms with van der Waals surface area (Å²) in [6.07, 6.45) is 5.08. The average Bonchev–Trinajstić information content (AvgIpc) is 2.83. The Morgan fingerprint density at radius 1 is 1.44 bits per heavy atom. The lowest BCUT2D eigenvalue weighted by atomic mass is 10.1. The van der Waals surface area contributed by atoms with Gasteiger partial charge in [0.15, 0.2) is 0 Å². The Hall–Kier alpha value is -1.19. The Labute approximate surface area is 116 Å². The first-order valence-electron chi connectivity index (χ1n) is 5.75. The van der Waals surface area contributed by atoms with Crippen LogP contribution >= 0.6 is 23.2 Å². The average molecular weight is 285 g/mol. The Morgan fingerprint density at radius 3 is 2.94 bits per heavy atom. The monoisotopic (exact) mass is 284 g/mol. The van der Waals surface area contributed by atoms with Gasteiger partial charge < -0.3 is 9.73 Å². The highest BCUT2D eigenvalue weighted by Gasteiger charge is 2.08. The molecule has 2 aromatic heterocycles. The van der Waals surface area contributed by atoms with Crippen molar-refractivity contribution < 1.29 is 4.42 Å². The van der Waals surface area contributed by atoms with Gasteiger partial charge in [-0.25, -0.2) is 4.98 Å². The number of anilines is 1. The van der Waals surface area contributed by atoms with E-state index in [9.17, 15) is 0 Å². The summed E-state index contributed by atoms with van der Waals surface area (Å²) in [5, 5.41) is 4.33. The molecule has 18 heavy (non-hydrogen) atoms. The highest BCUT2D eigenvalue weighted by atomic mass is 35.5. The van der Waals surface area contributed by atoms with Gasteiger partial charge in [0, 0.05) is 18.7 Å². The van der Waals surface area contributed by atoms with Crippen LogP contribution in [0.25, 0.3) is 0 Å². The highest BCUT2D eigenvalue weighted by Crippen LogP contribution is 2.23. The van der Waals surface area contributed by atoms with Crippen LogP contribution in [-0.4, -0.2) is 11.0 Å². The molecule has 2 aromatic rings. The fraction of sp³-hybridized carbons (Fsp3) is 0.308. The molecule has 0 saturated carbocycles. The third-order valence-corrected chi connectivity index (χ3v) is 3.09. The summed E-state index contributed by atoms with van der Waals surface area (Å²) in [4.78, 5) is 4.16. The molecular formula is C13H14Cl2N2O. The molecular weight excluding hydrogens is 271 g/mol. The lowest BCUT2D eigenvalue weighted by Gasteiger charge is -2.14. The molecule has 96 valence electrons. The van der Waals surface area contributed by atoms with Crippen molar-refractivity contribution in [3.63, 3.8) is 0 Å². The number of furan rings is 1. The number of nitrogens with zero attached hydrogens (tertiary/aromatic N) is 1. The van der Waals surface area contributed by atoms with Gasteiger partial charge in [-0.2, -0.15) is 0 Å². The summed E-state index contributed by atoms with van der Waals surface area (Å²) < 4.78 is 5.29. The van der Waals surface area contributed by atoms with E-state index in [1.54, 1.807) is 18.5 Å². The fourth-order valence-corrected chi connectivity index (χ4v) is 2.07. The molecule has 0 saturated heterocycles. The number of pyridine rings is 1. The molecule has 5 heteroatoms.